The molecule has 1 atom stereocenters. The molecule has 0 spiro atoms. The maximum atomic E-state index is 11.3. The van der Waals surface area contributed by atoms with Crippen LogP contribution in [0.2, 0.25) is 0 Å². The molecular weight excluding hydrogens is 246 g/mol. The lowest BCUT2D eigenvalue weighted by Crippen LogP contribution is -2.30. The van der Waals surface area contributed by atoms with E-state index in [4.69, 9.17) is 0 Å². The van der Waals surface area contributed by atoms with Gasteiger partial charge in [0.05, 0.1) is 5.75 Å². The first-order chi connectivity index (χ1) is 8.62. The molecule has 0 bridgehead atoms. The molecule has 0 fully saturated rings. The van der Waals surface area contributed by atoms with Gasteiger partial charge in [0.1, 0.15) is 9.84 Å². The van der Waals surface area contributed by atoms with Gasteiger partial charge in [0.25, 0.3) is 0 Å². The Morgan fingerprint density at radius 2 is 2.11 bits per heavy atom. The molecule has 0 radical (unpaired) electrons. The second-order valence-corrected chi connectivity index (χ2v) is 7.37. The first kappa shape index (κ1) is 13.6. The van der Waals surface area contributed by atoms with E-state index in [1.165, 1.54) is 11.1 Å². The molecule has 0 aliphatic heterocycles. The highest BCUT2D eigenvalue weighted by atomic mass is 32.2. The Bertz CT molecular complexity index is 496. The average Bonchev–Trinajstić information content (AvgIpc) is 2.34. The smallest absolute Gasteiger partial charge is 0.150 e. The Morgan fingerprint density at radius 3 is 2.83 bits per heavy atom. The number of rotatable bonds is 7. The highest BCUT2D eigenvalue weighted by Crippen LogP contribution is 2.33. The van der Waals surface area contributed by atoms with Crippen LogP contribution in [-0.2, 0) is 16.3 Å². The van der Waals surface area contributed by atoms with Gasteiger partial charge in [-0.25, -0.2) is 8.42 Å². The highest BCUT2D eigenvalue weighted by Gasteiger charge is 2.24. The van der Waals surface area contributed by atoms with Crippen LogP contribution in [0.5, 0.6) is 0 Å². The molecule has 2 rings (SSSR count). The number of benzene rings is 1. The van der Waals surface area contributed by atoms with Gasteiger partial charge in [-0.1, -0.05) is 31.2 Å². The third-order valence-electron chi connectivity index (χ3n) is 3.60. The summed E-state index contributed by atoms with van der Waals surface area (Å²) in [5.74, 6) is 1.17. The van der Waals surface area contributed by atoms with E-state index in [0.29, 0.717) is 18.1 Å². The molecule has 0 heterocycles. The van der Waals surface area contributed by atoms with Crippen molar-refractivity contribution >= 4 is 9.84 Å². The molecule has 18 heavy (non-hydrogen) atoms. The van der Waals surface area contributed by atoms with Gasteiger partial charge in [-0.3, -0.25) is 0 Å². The Morgan fingerprint density at radius 1 is 1.33 bits per heavy atom. The van der Waals surface area contributed by atoms with Crippen LogP contribution in [0.15, 0.2) is 24.3 Å². The summed E-state index contributed by atoms with van der Waals surface area (Å²) < 4.78 is 22.6. The van der Waals surface area contributed by atoms with Crippen LogP contribution in [0.25, 0.3) is 0 Å². The number of hydrogen-bond donors (Lipinski definition) is 1. The molecule has 4 heteroatoms. The maximum Gasteiger partial charge on any atom is 0.150 e. The lowest BCUT2D eigenvalue weighted by atomic mass is 9.77. The van der Waals surface area contributed by atoms with E-state index in [1.807, 2.05) is 0 Å². The van der Waals surface area contributed by atoms with Crippen molar-refractivity contribution in [3.8, 4) is 0 Å². The van der Waals surface area contributed by atoms with Crippen molar-refractivity contribution in [2.24, 2.45) is 0 Å². The standard InChI is InChI=1S/C14H21NO2S/c1-2-18(16,17)9-5-8-15-11-13-10-12-6-3-4-7-14(12)13/h3-4,6-7,13,15H,2,5,8-11H2,1H3. The summed E-state index contributed by atoms with van der Waals surface area (Å²) in [6, 6.07) is 8.53. The van der Waals surface area contributed by atoms with Crippen LogP contribution in [0.3, 0.4) is 0 Å². The minimum Gasteiger partial charge on any atom is -0.316 e. The molecular formula is C14H21NO2S. The summed E-state index contributed by atoms with van der Waals surface area (Å²) in [6.45, 7) is 3.45. The predicted molar refractivity (Wildman–Crippen MR) is 74.7 cm³/mol. The number of nitrogens with one attached hydrogen (secondary N) is 1. The largest absolute Gasteiger partial charge is 0.316 e. The van der Waals surface area contributed by atoms with Crippen LogP contribution in [0, 0.1) is 0 Å². The van der Waals surface area contributed by atoms with Crippen LogP contribution >= 0.6 is 0 Å². The molecule has 1 aliphatic rings. The highest BCUT2D eigenvalue weighted by molar-refractivity contribution is 7.91. The minimum absolute atomic E-state index is 0.253. The third kappa shape index (κ3) is 3.33. The Kier molecular flexibility index (Phi) is 4.40. The Hall–Kier alpha value is -0.870. The van der Waals surface area contributed by atoms with Gasteiger partial charge >= 0.3 is 0 Å². The summed E-state index contributed by atoms with van der Waals surface area (Å²) in [6.07, 6.45) is 1.86. The van der Waals surface area contributed by atoms with E-state index in [0.717, 1.165) is 19.5 Å². The van der Waals surface area contributed by atoms with Crippen molar-refractivity contribution < 1.29 is 8.42 Å². The average molecular weight is 267 g/mol. The summed E-state index contributed by atoms with van der Waals surface area (Å²) in [7, 11) is -2.80. The first-order valence-corrected chi connectivity index (χ1v) is 8.43. The molecule has 1 aliphatic carbocycles. The van der Waals surface area contributed by atoms with Crippen molar-refractivity contribution in [3.05, 3.63) is 35.4 Å². The normalized spacial score (nSPS) is 18.2. The van der Waals surface area contributed by atoms with Gasteiger partial charge in [0.2, 0.25) is 0 Å². The summed E-state index contributed by atoms with van der Waals surface area (Å²) >= 11 is 0. The van der Waals surface area contributed by atoms with E-state index >= 15 is 0 Å². The zero-order chi connectivity index (χ0) is 13.0. The van der Waals surface area contributed by atoms with Gasteiger partial charge in [-0.15, -0.1) is 0 Å². The van der Waals surface area contributed by atoms with Crippen molar-refractivity contribution in [2.75, 3.05) is 24.6 Å². The molecule has 0 saturated heterocycles. The minimum atomic E-state index is -2.80. The molecule has 1 unspecified atom stereocenters. The van der Waals surface area contributed by atoms with Crippen molar-refractivity contribution in [2.45, 2.75) is 25.7 Å². The van der Waals surface area contributed by atoms with Crippen LogP contribution in [0.4, 0.5) is 0 Å². The second-order valence-electron chi connectivity index (χ2n) is 4.89. The third-order valence-corrected chi connectivity index (χ3v) is 5.39. The lowest BCUT2D eigenvalue weighted by molar-refractivity contribution is 0.532. The van der Waals surface area contributed by atoms with E-state index in [2.05, 4.69) is 29.6 Å². The number of hydrogen-bond acceptors (Lipinski definition) is 3. The number of sulfone groups is 1. The molecule has 1 aromatic rings. The molecule has 0 amide bonds. The molecule has 100 valence electrons. The van der Waals surface area contributed by atoms with Crippen LogP contribution in [0.1, 0.15) is 30.4 Å². The monoisotopic (exact) mass is 267 g/mol. The molecule has 0 aromatic heterocycles. The van der Waals surface area contributed by atoms with Crippen molar-refractivity contribution in [1.82, 2.24) is 5.32 Å². The van der Waals surface area contributed by atoms with Gasteiger partial charge in [0.15, 0.2) is 0 Å². The SMILES string of the molecule is CCS(=O)(=O)CCCNCC1Cc2ccccc21. The zero-order valence-corrected chi connectivity index (χ0v) is 11.7. The lowest BCUT2D eigenvalue weighted by Gasteiger charge is -2.30. The number of fused-ring (bicyclic) bond motifs is 1. The zero-order valence-electron chi connectivity index (χ0n) is 10.9. The van der Waals surface area contributed by atoms with Gasteiger partial charge in [-0.05, 0) is 30.5 Å². The second kappa shape index (κ2) is 5.85. The Labute approximate surface area is 110 Å². The molecule has 0 saturated carbocycles. The van der Waals surface area contributed by atoms with Gasteiger partial charge in [-0.2, -0.15) is 0 Å². The van der Waals surface area contributed by atoms with E-state index in [9.17, 15) is 8.42 Å². The Balaban J connectivity index is 1.64. The van der Waals surface area contributed by atoms with Crippen molar-refractivity contribution in [3.63, 3.8) is 0 Å². The topological polar surface area (TPSA) is 46.2 Å². The van der Waals surface area contributed by atoms with Crippen LogP contribution in [-0.4, -0.2) is 33.0 Å². The fourth-order valence-corrected chi connectivity index (χ4v) is 3.26. The molecule has 3 nitrogen and oxygen atoms in total. The fourth-order valence-electron chi connectivity index (χ4n) is 2.38. The van der Waals surface area contributed by atoms with Crippen molar-refractivity contribution in [1.29, 1.82) is 0 Å². The quantitative estimate of drug-likeness (QED) is 0.765. The van der Waals surface area contributed by atoms with E-state index in [-0.39, 0.29) is 5.75 Å². The first-order valence-electron chi connectivity index (χ1n) is 6.61. The van der Waals surface area contributed by atoms with E-state index in [1.54, 1.807) is 6.92 Å². The van der Waals surface area contributed by atoms with Gasteiger partial charge < -0.3 is 5.32 Å². The summed E-state index contributed by atoms with van der Waals surface area (Å²) in [5, 5.41) is 3.36. The summed E-state index contributed by atoms with van der Waals surface area (Å²) in [5.41, 5.74) is 2.91. The van der Waals surface area contributed by atoms with Gasteiger partial charge in [0, 0.05) is 18.2 Å². The van der Waals surface area contributed by atoms with E-state index < -0.39 is 9.84 Å². The predicted octanol–water partition coefficient (Wildman–Crippen LogP) is 1.74. The maximum absolute atomic E-state index is 11.3. The summed E-state index contributed by atoms with van der Waals surface area (Å²) in [4.78, 5) is 0. The molecule has 1 aromatic carbocycles. The molecule has 1 N–H and O–H groups in total. The fraction of sp³-hybridized carbons (Fsp3) is 0.571. The van der Waals surface area contributed by atoms with Crippen LogP contribution < -0.4 is 5.32 Å².